The monoisotopic (exact) mass is 262 g/mol. The number of para-hydroxylation sites is 2. The molecule has 1 aromatic carbocycles. The molecule has 1 aliphatic heterocycles. The summed E-state index contributed by atoms with van der Waals surface area (Å²) in [4.78, 5) is 0. The van der Waals surface area contributed by atoms with Gasteiger partial charge in [-0.3, -0.25) is 0 Å². The van der Waals surface area contributed by atoms with Crippen molar-refractivity contribution in [3.05, 3.63) is 24.3 Å². The standard InChI is InChI=1S/C16H26N2O/c1-12(2)19-16-10-5-4-9-15(16)17-11-14-8-6-7-13(3)18-14/h4-5,9-10,12-14,17-18H,6-8,11H2,1-3H3. The van der Waals surface area contributed by atoms with Crippen LogP contribution in [-0.2, 0) is 0 Å². The summed E-state index contributed by atoms with van der Waals surface area (Å²) >= 11 is 0. The van der Waals surface area contributed by atoms with E-state index < -0.39 is 0 Å². The summed E-state index contributed by atoms with van der Waals surface area (Å²) < 4.78 is 5.82. The summed E-state index contributed by atoms with van der Waals surface area (Å²) in [6, 6.07) is 9.39. The van der Waals surface area contributed by atoms with Crippen molar-refractivity contribution in [1.29, 1.82) is 0 Å². The van der Waals surface area contributed by atoms with Gasteiger partial charge < -0.3 is 15.4 Å². The Bertz CT molecular complexity index is 392. The van der Waals surface area contributed by atoms with E-state index in [1.165, 1.54) is 19.3 Å². The Labute approximate surface area is 116 Å². The topological polar surface area (TPSA) is 33.3 Å². The van der Waals surface area contributed by atoms with Gasteiger partial charge in [-0.1, -0.05) is 18.6 Å². The Morgan fingerprint density at radius 2 is 2.11 bits per heavy atom. The van der Waals surface area contributed by atoms with Crippen LogP contribution < -0.4 is 15.4 Å². The number of nitrogens with one attached hydrogen (secondary N) is 2. The maximum atomic E-state index is 5.82. The number of rotatable bonds is 5. The van der Waals surface area contributed by atoms with Crippen LogP contribution in [0.4, 0.5) is 5.69 Å². The molecule has 2 rings (SSSR count). The zero-order valence-corrected chi connectivity index (χ0v) is 12.3. The Morgan fingerprint density at radius 1 is 1.32 bits per heavy atom. The third kappa shape index (κ3) is 4.43. The molecule has 0 aliphatic carbocycles. The first-order valence-electron chi connectivity index (χ1n) is 7.40. The van der Waals surface area contributed by atoms with Crippen molar-refractivity contribution in [2.45, 2.75) is 58.2 Å². The molecular formula is C16H26N2O. The summed E-state index contributed by atoms with van der Waals surface area (Å²) in [5, 5.41) is 7.16. The molecule has 1 aromatic rings. The van der Waals surface area contributed by atoms with Crippen LogP contribution in [0.15, 0.2) is 24.3 Å². The maximum Gasteiger partial charge on any atom is 0.142 e. The first kappa shape index (κ1) is 14.2. The lowest BCUT2D eigenvalue weighted by molar-refractivity contribution is 0.243. The zero-order valence-electron chi connectivity index (χ0n) is 12.3. The highest BCUT2D eigenvalue weighted by atomic mass is 16.5. The van der Waals surface area contributed by atoms with E-state index in [1.54, 1.807) is 0 Å². The van der Waals surface area contributed by atoms with Crippen LogP contribution in [-0.4, -0.2) is 24.7 Å². The number of hydrogen-bond donors (Lipinski definition) is 2. The highest BCUT2D eigenvalue weighted by Crippen LogP contribution is 2.25. The van der Waals surface area contributed by atoms with E-state index in [2.05, 4.69) is 37.5 Å². The van der Waals surface area contributed by atoms with Crippen LogP contribution in [0.3, 0.4) is 0 Å². The summed E-state index contributed by atoms with van der Waals surface area (Å²) in [5.74, 6) is 0.946. The molecule has 0 bridgehead atoms. The van der Waals surface area contributed by atoms with Crippen LogP contribution in [0.2, 0.25) is 0 Å². The van der Waals surface area contributed by atoms with Crippen LogP contribution in [0.1, 0.15) is 40.0 Å². The second-order valence-electron chi connectivity index (χ2n) is 5.74. The van der Waals surface area contributed by atoms with Gasteiger partial charge >= 0.3 is 0 Å². The number of benzene rings is 1. The lowest BCUT2D eigenvalue weighted by Gasteiger charge is -2.29. The molecule has 2 unspecified atom stereocenters. The van der Waals surface area contributed by atoms with Crippen molar-refractivity contribution in [1.82, 2.24) is 5.32 Å². The van der Waals surface area contributed by atoms with E-state index in [1.807, 2.05) is 18.2 Å². The van der Waals surface area contributed by atoms with Crippen LogP contribution >= 0.6 is 0 Å². The average molecular weight is 262 g/mol. The van der Waals surface area contributed by atoms with Crippen LogP contribution in [0.25, 0.3) is 0 Å². The van der Waals surface area contributed by atoms with Gasteiger partial charge in [0.05, 0.1) is 11.8 Å². The molecule has 1 saturated heterocycles. The quantitative estimate of drug-likeness (QED) is 0.853. The minimum Gasteiger partial charge on any atom is -0.489 e. The third-order valence-corrected chi connectivity index (χ3v) is 3.50. The van der Waals surface area contributed by atoms with Gasteiger partial charge in [0, 0.05) is 18.6 Å². The second kappa shape index (κ2) is 6.80. The Morgan fingerprint density at radius 3 is 2.84 bits per heavy atom. The van der Waals surface area contributed by atoms with E-state index >= 15 is 0 Å². The van der Waals surface area contributed by atoms with Gasteiger partial charge in [0.2, 0.25) is 0 Å². The van der Waals surface area contributed by atoms with Gasteiger partial charge in [-0.15, -0.1) is 0 Å². The van der Waals surface area contributed by atoms with Gasteiger partial charge in [-0.25, -0.2) is 0 Å². The first-order chi connectivity index (χ1) is 9.15. The molecule has 0 radical (unpaired) electrons. The van der Waals surface area contributed by atoms with Crippen molar-refractivity contribution in [2.24, 2.45) is 0 Å². The Kier molecular flexibility index (Phi) is 5.08. The minimum atomic E-state index is 0.204. The van der Waals surface area contributed by atoms with E-state index in [9.17, 15) is 0 Å². The highest BCUT2D eigenvalue weighted by molar-refractivity contribution is 5.56. The summed E-state index contributed by atoms with van der Waals surface area (Å²) in [7, 11) is 0. The largest absolute Gasteiger partial charge is 0.489 e. The lowest BCUT2D eigenvalue weighted by atomic mass is 9.99. The van der Waals surface area contributed by atoms with Gasteiger partial charge in [0.15, 0.2) is 0 Å². The molecule has 3 nitrogen and oxygen atoms in total. The summed E-state index contributed by atoms with van der Waals surface area (Å²) in [6.45, 7) is 7.34. The fourth-order valence-corrected chi connectivity index (χ4v) is 2.60. The van der Waals surface area contributed by atoms with Crippen molar-refractivity contribution >= 4 is 5.69 Å². The Hall–Kier alpha value is -1.22. The molecule has 1 fully saturated rings. The molecule has 0 amide bonds. The van der Waals surface area contributed by atoms with Crippen LogP contribution in [0.5, 0.6) is 5.75 Å². The normalized spacial score (nSPS) is 23.4. The SMILES string of the molecule is CC1CCCC(CNc2ccccc2OC(C)C)N1. The minimum absolute atomic E-state index is 0.204. The highest BCUT2D eigenvalue weighted by Gasteiger charge is 2.17. The van der Waals surface area contributed by atoms with Crippen molar-refractivity contribution in [2.75, 3.05) is 11.9 Å². The van der Waals surface area contributed by atoms with Gasteiger partial charge in [-0.2, -0.15) is 0 Å². The Balaban J connectivity index is 1.91. The number of anilines is 1. The lowest BCUT2D eigenvalue weighted by Crippen LogP contribution is -2.44. The van der Waals surface area contributed by atoms with Crippen LogP contribution in [0, 0.1) is 0 Å². The molecule has 19 heavy (non-hydrogen) atoms. The fraction of sp³-hybridized carbons (Fsp3) is 0.625. The molecule has 2 N–H and O–H groups in total. The smallest absolute Gasteiger partial charge is 0.142 e. The van der Waals surface area contributed by atoms with Crippen molar-refractivity contribution < 1.29 is 4.74 Å². The number of piperidine rings is 1. The van der Waals surface area contributed by atoms with E-state index in [0.717, 1.165) is 18.0 Å². The van der Waals surface area contributed by atoms with E-state index in [4.69, 9.17) is 4.74 Å². The molecule has 1 aliphatic rings. The molecule has 0 saturated carbocycles. The molecule has 106 valence electrons. The molecule has 2 atom stereocenters. The molecular weight excluding hydrogens is 236 g/mol. The maximum absolute atomic E-state index is 5.82. The third-order valence-electron chi connectivity index (χ3n) is 3.50. The second-order valence-corrected chi connectivity index (χ2v) is 5.74. The molecule has 0 spiro atoms. The average Bonchev–Trinajstić information content (AvgIpc) is 2.37. The first-order valence-corrected chi connectivity index (χ1v) is 7.40. The molecule has 0 aromatic heterocycles. The predicted molar refractivity (Wildman–Crippen MR) is 80.9 cm³/mol. The van der Waals surface area contributed by atoms with Crippen molar-refractivity contribution in [3.63, 3.8) is 0 Å². The van der Waals surface area contributed by atoms with Gasteiger partial charge in [0.25, 0.3) is 0 Å². The van der Waals surface area contributed by atoms with Gasteiger partial charge in [0.1, 0.15) is 5.75 Å². The fourth-order valence-electron chi connectivity index (χ4n) is 2.60. The summed E-state index contributed by atoms with van der Waals surface area (Å²) in [6.07, 6.45) is 4.08. The van der Waals surface area contributed by atoms with E-state index in [0.29, 0.717) is 12.1 Å². The zero-order chi connectivity index (χ0) is 13.7. The van der Waals surface area contributed by atoms with Crippen molar-refractivity contribution in [3.8, 4) is 5.75 Å². The number of ether oxygens (including phenoxy) is 1. The number of hydrogen-bond acceptors (Lipinski definition) is 3. The summed E-state index contributed by atoms with van der Waals surface area (Å²) in [5.41, 5.74) is 1.09. The molecule has 3 heteroatoms. The predicted octanol–water partition coefficient (Wildman–Crippen LogP) is 3.42. The van der Waals surface area contributed by atoms with E-state index in [-0.39, 0.29) is 6.10 Å². The molecule has 1 heterocycles. The van der Waals surface area contributed by atoms with Gasteiger partial charge in [-0.05, 0) is 45.7 Å².